The molecule has 0 aliphatic rings. The van der Waals surface area contributed by atoms with Crippen molar-refractivity contribution >= 4 is 11.8 Å². The average Bonchev–Trinajstić information content (AvgIpc) is 2.62. The zero-order valence-corrected chi connectivity index (χ0v) is 17.0. The first-order valence-corrected chi connectivity index (χ1v) is 9.60. The monoisotopic (exact) mass is 384 g/mol. The largest absolute Gasteiger partial charge is 0.350 e. The molecule has 2 amide bonds. The second kappa shape index (κ2) is 9.49. The number of benzene rings is 2. The molecule has 0 saturated carbocycles. The number of amides is 2. The Balaban J connectivity index is 2.30. The van der Waals surface area contributed by atoms with E-state index in [1.165, 1.54) is 6.07 Å². The Morgan fingerprint density at radius 3 is 2.21 bits per heavy atom. The number of halogens is 1. The Labute approximate surface area is 166 Å². The zero-order valence-electron chi connectivity index (χ0n) is 17.0. The van der Waals surface area contributed by atoms with E-state index in [0.29, 0.717) is 18.5 Å². The lowest BCUT2D eigenvalue weighted by atomic mass is 10.0. The van der Waals surface area contributed by atoms with E-state index in [1.54, 1.807) is 23.1 Å². The molecule has 2 rings (SSSR count). The van der Waals surface area contributed by atoms with E-state index < -0.39 is 17.4 Å². The van der Waals surface area contributed by atoms with Crippen molar-refractivity contribution in [3.63, 3.8) is 0 Å². The quantitative estimate of drug-likeness (QED) is 0.782. The summed E-state index contributed by atoms with van der Waals surface area (Å²) in [4.78, 5) is 27.5. The highest BCUT2D eigenvalue weighted by atomic mass is 19.1. The normalized spacial score (nSPS) is 12.3. The lowest BCUT2D eigenvalue weighted by molar-refractivity contribution is -0.141. The molecule has 1 atom stereocenters. The fraction of sp³-hybridized carbons (Fsp3) is 0.391. The molecule has 28 heavy (non-hydrogen) atoms. The minimum atomic E-state index is -0.626. The molecular weight excluding hydrogens is 355 g/mol. The maximum absolute atomic E-state index is 14.1. The van der Waals surface area contributed by atoms with Crippen molar-refractivity contribution < 1.29 is 14.0 Å². The first kappa shape index (κ1) is 21.6. The lowest BCUT2D eigenvalue weighted by Gasteiger charge is -2.33. The summed E-state index contributed by atoms with van der Waals surface area (Å²) in [7, 11) is 0. The van der Waals surface area contributed by atoms with Gasteiger partial charge in [-0.25, -0.2) is 4.39 Å². The second-order valence-electron chi connectivity index (χ2n) is 7.94. The van der Waals surface area contributed by atoms with Gasteiger partial charge in [0, 0.05) is 12.1 Å². The van der Waals surface area contributed by atoms with E-state index in [-0.39, 0.29) is 18.2 Å². The molecule has 4 nitrogen and oxygen atoms in total. The first-order chi connectivity index (χ1) is 13.2. The maximum atomic E-state index is 14.1. The van der Waals surface area contributed by atoms with Gasteiger partial charge in [0.05, 0.1) is 6.42 Å². The Kier molecular flexibility index (Phi) is 7.32. The predicted octanol–water partition coefficient (Wildman–Crippen LogP) is 4.09. The van der Waals surface area contributed by atoms with Crippen LogP contribution in [-0.4, -0.2) is 28.3 Å². The Morgan fingerprint density at radius 2 is 1.64 bits per heavy atom. The summed E-state index contributed by atoms with van der Waals surface area (Å²) in [5.74, 6) is -0.889. The van der Waals surface area contributed by atoms with Gasteiger partial charge in [-0.05, 0) is 44.4 Å². The van der Waals surface area contributed by atoms with Crippen LogP contribution in [0.3, 0.4) is 0 Å². The summed E-state index contributed by atoms with van der Waals surface area (Å²) in [5, 5.41) is 2.96. The van der Waals surface area contributed by atoms with Crippen molar-refractivity contribution in [2.75, 3.05) is 0 Å². The topological polar surface area (TPSA) is 49.4 Å². The van der Waals surface area contributed by atoms with Crippen LogP contribution in [-0.2, 0) is 22.6 Å². The molecule has 0 spiro atoms. The third-order valence-electron chi connectivity index (χ3n) is 4.38. The molecule has 2 aromatic carbocycles. The van der Waals surface area contributed by atoms with Gasteiger partial charge in [0.1, 0.15) is 11.9 Å². The van der Waals surface area contributed by atoms with Crippen molar-refractivity contribution in [1.82, 2.24) is 10.2 Å². The second-order valence-corrected chi connectivity index (χ2v) is 7.94. The highest BCUT2D eigenvalue weighted by Gasteiger charge is 2.30. The van der Waals surface area contributed by atoms with Crippen LogP contribution in [0.2, 0.25) is 0 Å². The molecule has 0 bridgehead atoms. The van der Waals surface area contributed by atoms with Gasteiger partial charge in [0.15, 0.2) is 0 Å². The maximum Gasteiger partial charge on any atom is 0.243 e. The zero-order chi connectivity index (χ0) is 20.7. The molecule has 0 heterocycles. The molecule has 150 valence electrons. The van der Waals surface area contributed by atoms with Crippen molar-refractivity contribution in [3.8, 4) is 0 Å². The number of rotatable bonds is 7. The first-order valence-electron chi connectivity index (χ1n) is 9.60. The number of nitrogens with one attached hydrogen (secondary N) is 1. The van der Waals surface area contributed by atoms with Crippen LogP contribution in [0.25, 0.3) is 0 Å². The molecule has 0 radical (unpaired) electrons. The van der Waals surface area contributed by atoms with E-state index in [0.717, 1.165) is 5.56 Å². The van der Waals surface area contributed by atoms with Crippen LogP contribution in [0.1, 0.15) is 45.2 Å². The summed E-state index contributed by atoms with van der Waals surface area (Å²) in [6.45, 7) is 7.88. The van der Waals surface area contributed by atoms with Crippen molar-refractivity contribution in [3.05, 3.63) is 71.5 Å². The molecule has 5 heteroatoms. The highest BCUT2D eigenvalue weighted by Crippen LogP contribution is 2.16. The minimum absolute atomic E-state index is 0.0845. The van der Waals surface area contributed by atoms with Crippen molar-refractivity contribution in [2.45, 2.75) is 58.7 Å². The SMILES string of the molecule is CC[C@H](C(=O)NC(C)(C)C)N(Cc1ccccc1)C(=O)Cc1ccccc1F. The smallest absolute Gasteiger partial charge is 0.243 e. The number of nitrogens with zero attached hydrogens (tertiary/aromatic N) is 1. The van der Waals surface area contributed by atoms with E-state index in [2.05, 4.69) is 5.32 Å². The highest BCUT2D eigenvalue weighted by molar-refractivity contribution is 5.88. The summed E-state index contributed by atoms with van der Waals surface area (Å²) in [6, 6.07) is 15.1. The van der Waals surface area contributed by atoms with Crippen molar-refractivity contribution in [1.29, 1.82) is 0 Å². The van der Waals surface area contributed by atoms with Crippen LogP contribution in [0.5, 0.6) is 0 Å². The van der Waals surface area contributed by atoms with Crippen LogP contribution >= 0.6 is 0 Å². The van der Waals surface area contributed by atoms with Crippen molar-refractivity contribution in [2.24, 2.45) is 0 Å². The summed E-state index contributed by atoms with van der Waals surface area (Å²) >= 11 is 0. The van der Waals surface area contributed by atoms with Crippen LogP contribution < -0.4 is 5.32 Å². The molecule has 0 saturated heterocycles. The molecule has 1 N–H and O–H groups in total. The van der Waals surface area contributed by atoms with Gasteiger partial charge in [-0.2, -0.15) is 0 Å². The average molecular weight is 384 g/mol. The Morgan fingerprint density at radius 1 is 1.04 bits per heavy atom. The predicted molar refractivity (Wildman–Crippen MR) is 109 cm³/mol. The number of hydrogen-bond acceptors (Lipinski definition) is 2. The molecule has 0 aromatic heterocycles. The molecule has 0 fully saturated rings. The van der Waals surface area contributed by atoms with E-state index in [1.807, 2.05) is 58.0 Å². The molecular formula is C23H29FN2O2. The van der Waals surface area contributed by atoms with Gasteiger partial charge in [-0.1, -0.05) is 55.5 Å². The fourth-order valence-electron chi connectivity index (χ4n) is 3.06. The fourth-order valence-corrected chi connectivity index (χ4v) is 3.06. The van der Waals surface area contributed by atoms with Gasteiger partial charge in [-0.15, -0.1) is 0 Å². The molecule has 0 aliphatic heterocycles. The van der Waals surface area contributed by atoms with Gasteiger partial charge < -0.3 is 10.2 Å². The number of carbonyl (C=O) groups is 2. The molecule has 0 unspecified atom stereocenters. The van der Waals surface area contributed by atoms with Crippen LogP contribution in [0.4, 0.5) is 4.39 Å². The minimum Gasteiger partial charge on any atom is -0.350 e. The number of carbonyl (C=O) groups excluding carboxylic acids is 2. The lowest BCUT2D eigenvalue weighted by Crippen LogP contribution is -2.53. The summed E-state index contributed by atoms with van der Waals surface area (Å²) in [5.41, 5.74) is 0.848. The van der Waals surface area contributed by atoms with Crippen LogP contribution in [0.15, 0.2) is 54.6 Å². The van der Waals surface area contributed by atoms with Crippen LogP contribution in [0, 0.1) is 5.82 Å². The van der Waals surface area contributed by atoms with E-state index >= 15 is 0 Å². The number of hydrogen-bond donors (Lipinski definition) is 1. The Hall–Kier alpha value is -2.69. The van der Waals surface area contributed by atoms with Gasteiger partial charge >= 0.3 is 0 Å². The van der Waals surface area contributed by atoms with Gasteiger partial charge in [-0.3, -0.25) is 9.59 Å². The summed E-state index contributed by atoms with van der Waals surface area (Å²) < 4.78 is 14.1. The Bertz CT molecular complexity index is 800. The van der Waals surface area contributed by atoms with E-state index in [4.69, 9.17) is 0 Å². The standard InChI is InChI=1S/C23H29FN2O2/c1-5-20(22(28)25-23(2,3)4)26(16-17-11-7-6-8-12-17)21(27)15-18-13-9-10-14-19(18)24/h6-14,20H,5,15-16H2,1-4H3,(H,25,28)/t20-/m1/s1. The van der Waals surface area contributed by atoms with Gasteiger partial charge in [0.25, 0.3) is 0 Å². The molecule has 0 aliphatic carbocycles. The molecule has 2 aromatic rings. The van der Waals surface area contributed by atoms with Gasteiger partial charge in [0.2, 0.25) is 11.8 Å². The van der Waals surface area contributed by atoms with E-state index in [9.17, 15) is 14.0 Å². The third-order valence-corrected chi connectivity index (χ3v) is 4.38. The third kappa shape index (κ3) is 6.19. The summed E-state index contributed by atoms with van der Waals surface area (Å²) in [6.07, 6.45) is 0.385.